The highest BCUT2D eigenvalue weighted by Crippen LogP contribution is 2.35. The summed E-state index contributed by atoms with van der Waals surface area (Å²) in [6.45, 7) is 0. The number of pyridine rings is 1. The van der Waals surface area contributed by atoms with Gasteiger partial charge < -0.3 is 16.0 Å². The molecule has 3 aromatic heterocycles. The summed E-state index contributed by atoms with van der Waals surface area (Å²) in [5.41, 5.74) is 15.1. The maximum atomic E-state index is 5.96. The van der Waals surface area contributed by atoms with E-state index in [1.165, 1.54) is 16.8 Å². The van der Waals surface area contributed by atoms with Crippen molar-refractivity contribution in [3.8, 4) is 0 Å². The number of thioether (sulfide) groups is 1. The Morgan fingerprint density at radius 3 is 2.93 bits per heavy atom. The molecule has 4 aromatic rings. The predicted molar refractivity (Wildman–Crippen MR) is 115 cm³/mol. The van der Waals surface area contributed by atoms with Gasteiger partial charge in [0.1, 0.15) is 23.6 Å². The van der Waals surface area contributed by atoms with Gasteiger partial charge in [-0.15, -0.1) is 11.8 Å². The third-order valence-corrected chi connectivity index (χ3v) is 6.30. The van der Waals surface area contributed by atoms with E-state index < -0.39 is 0 Å². The fraction of sp³-hybridized carbons (Fsp3) is 0.190. The van der Waals surface area contributed by atoms with Gasteiger partial charge in [0.25, 0.3) is 0 Å². The maximum absolute atomic E-state index is 5.96. The average Bonchev–Trinajstić information content (AvgIpc) is 3.33. The largest absolute Gasteiger partial charge is 0.384 e. The minimum Gasteiger partial charge on any atom is -0.384 e. The van der Waals surface area contributed by atoms with Gasteiger partial charge in [0.2, 0.25) is 0 Å². The Morgan fingerprint density at radius 1 is 1.11 bits per heavy atom. The van der Waals surface area contributed by atoms with Gasteiger partial charge in [-0.25, -0.2) is 15.0 Å². The molecule has 0 spiro atoms. The van der Waals surface area contributed by atoms with Gasteiger partial charge in [-0.2, -0.15) is 0 Å². The van der Waals surface area contributed by atoms with Gasteiger partial charge in [0.05, 0.1) is 16.9 Å². The van der Waals surface area contributed by atoms with Crippen LogP contribution in [0.4, 0.5) is 11.6 Å². The van der Waals surface area contributed by atoms with Crippen LogP contribution in [0, 0.1) is 0 Å². The highest BCUT2D eigenvalue weighted by atomic mass is 32.2. The van der Waals surface area contributed by atoms with Gasteiger partial charge in [-0.3, -0.25) is 0 Å². The van der Waals surface area contributed by atoms with E-state index >= 15 is 0 Å². The summed E-state index contributed by atoms with van der Waals surface area (Å²) in [6.07, 6.45) is 8.13. The van der Waals surface area contributed by atoms with Crippen LogP contribution in [0.15, 0.2) is 65.5 Å². The van der Waals surface area contributed by atoms with E-state index in [-0.39, 0.29) is 0 Å². The van der Waals surface area contributed by atoms with Crippen molar-refractivity contribution in [2.24, 2.45) is 0 Å². The summed E-state index contributed by atoms with van der Waals surface area (Å²) in [6, 6.07) is 12.5. The van der Waals surface area contributed by atoms with Crippen molar-refractivity contribution in [3.05, 3.63) is 60.6 Å². The van der Waals surface area contributed by atoms with E-state index in [0.717, 1.165) is 40.5 Å². The van der Waals surface area contributed by atoms with Gasteiger partial charge in [0, 0.05) is 22.2 Å². The standard InChI is InChI=1S/C21H20N6S/c22-19-6-3-14-2-5-16(10-18(14)26-19)28-11-13-1-4-15(9-13)27-8-7-17-20(23)24-12-25-21(17)27/h2-3,5-10,12,15H,1,4,11H2,(H2,22,26)(H2,23,24,25). The number of hydrogen-bond donors (Lipinski definition) is 2. The number of nitrogens with zero attached hydrogens (tertiary/aromatic N) is 4. The van der Waals surface area contributed by atoms with Crippen molar-refractivity contribution in [3.63, 3.8) is 0 Å². The minimum absolute atomic E-state index is 0.320. The normalized spacial score (nSPS) is 16.7. The smallest absolute Gasteiger partial charge is 0.146 e. The number of rotatable bonds is 4. The molecule has 0 saturated heterocycles. The lowest BCUT2D eigenvalue weighted by Gasteiger charge is -2.10. The van der Waals surface area contributed by atoms with Gasteiger partial charge in [0.15, 0.2) is 0 Å². The second-order valence-electron chi connectivity index (χ2n) is 7.03. The maximum Gasteiger partial charge on any atom is 0.146 e. The Hall–Kier alpha value is -3.06. The molecule has 5 rings (SSSR count). The Morgan fingerprint density at radius 2 is 2.00 bits per heavy atom. The number of nitrogen functional groups attached to an aromatic ring is 2. The summed E-state index contributed by atoms with van der Waals surface area (Å²) < 4.78 is 2.20. The van der Waals surface area contributed by atoms with Crippen LogP contribution in [0.5, 0.6) is 0 Å². The van der Waals surface area contributed by atoms with Crippen molar-refractivity contribution in [1.29, 1.82) is 0 Å². The van der Waals surface area contributed by atoms with E-state index in [2.05, 4.69) is 50.0 Å². The van der Waals surface area contributed by atoms with Crippen LogP contribution in [0.1, 0.15) is 18.9 Å². The molecule has 140 valence electrons. The summed E-state index contributed by atoms with van der Waals surface area (Å²) in [4.78, 5) is 14.1. The number of nitrogens with two attached hydrogens (primary N) is 2. The van der Waals surface area contributed by atoms with Crippen molar-refractivity contribution in [2.75, 3.05) is 17.2 Å². The molecule has 1 atom stereocenters. The molecule has 0 amide bonds. The summed E-state index contributed by atoms with van der Waals surface area (Å²) in [5.74, 6) is 2.06. The predicted octanol–water partition coefficient (Wildman–Crippen LogP) is 4.20. The summed E-state index contributed by atoms with van der Waals surface area (Å²) in [5, 5.41) is 2.03. The Kier molecular flexibility index (Phi) is 4.16. The molecule has 1 aromatic carbocycles. The SMILES string of the molecule is Nc1ccc2ccc(SCC3=CC(n4ccc5c(N)ncnc54)CC3)cc2n1. The molecule has 1 aliphatic rings. The zero-order valence-corrected chi connectivity index (χ0v) is 16.1. The number of allylic oxidation sites excluding steroid dienone is 1. The molecule has 1 aliphatic carbocycles. The second kappa shape index (κ2) is 6.83. The lowest BCUT2D eigenvalue weighted by Crippen LogP contribution is -2.03. The van der Waals surface area contributed by atoms with E-state index in [1.54, 1.807) is 0 Å². The number of benzene rings is 1. The summed E-state index contributed by atoms with van der Waals surface area (Å²) in [7, 11) is 0. The molecule has 7 heteroatoms. The molecule has 0 saturated carbocycles. The average molecular weight is 389 g/mol. The first-order valence-electron chi connectivity index (χ1n) is 9.23. The van der Waals surface area contributed by atoms with Crippen molar-refractivity contribution >= 4 is 45.3 Å². The molecule has 0 radical (unpaired) electrons. The molecule has 0 bridgehead atoms. The van der Waals surface area contributed by atoms with Crippen LogP contribution in [0.2, 0.25) is 0 Å². The van der Waals surface area contributed by atoms with Crippen LogP contribution in [-0.4, -0.2) is 25.3 Å². The first-order chi connectivity index (χ1) is 13.7. The van der Waals surface area contributed by atoms with Gasteiger partial charge >= 0.3 is 0 Å². The van der Waals surface area contributed by atoms with Crippen LogP contribution < -0.4 is 11.5 Å². The van der Waals surface area contributed by atoms with Crippen LogP contribution in [0.3, 0.4) is 0 Å². The third-order valence-electron chi connectivity index (χ3n) is 5.20. The highest BCUT2D eigenvalue weighted by molar-refractivity contribution is 7.99. The van der Waals surface area contributed by atoms with Gasteiger partial charge in [-0.05, 0) is 43.2 Å². The third kappa shape index (κ3) is 3.07. The lowest BCUT2D eigenvalue weighted by molar-refractivity contribution is 0.605. The molecule has 3 heterocycles. The molecule has 4 N–H and O–H groups in total. The molecule has 0 aliphatic heterocycles. The van der Waals surface area contributed by atoms with Crippen LogP contribution in [0.25, 0.3) is 21.9 Å². The first-order valence-corrected chi connectivity index (χ1v) is 10.2. The first kappa shape index (κ1) is 17.1. The van der Waals surface area contributed by atoms with Crippen molar-refractivity contribution in [1.82, 2.24) is 19.5 Å². The fourth-order valence-corrected chi connectivity index (χ4v) is 4.70. The van der Waals surface area contributed by atoms with E-state index in [9.17, 15) is 0 Å². The monoisotopic (exact) mass is 388 g/mol. The number of hydrogen-bond acceptors (Lipinski definition) is 6. The Labute approximate surface area is 166 Å². The Balaban J connectivity index is 1.33. The topological polar surface area (TPSA) is 95.6 Å². The van der Waals surface area contributed by atoms with Crippen molar-refractivity contribution in [2.45, 2.75) is 23.8 Å². The second-order valence-corrected chi connectivity index (χ2v) is 8.08. The number of anilines is 2. The molecule has 6 nitrogen and oxygen atoms in total. The Bertz CT molecular complexity index is 1210. The van der Waals surface area contributed by atoms with E-state index in [1.807, 2.05) is 30.0 Å². The van der Waals surface area contributed by atoms with Crippen molar-refractivity contribution < 1.29 is 0 Å². The van der Waals surface area contributed by atoms with E-state index in [4.69, 9.17) is 11.5 Å². The van der Waals surface area contributed by atoms with Crippen LogP contribution in [-0.2, 0) is 0 Å². The zero-order valence-electron chi connectivity index (χ0n) is 15.2. The zero-order chi connectivity index (χ0) is 19.1. The lowest BCUT2D eigenvalue weighted by atomic mass is 10.2. The summed E-state index contributed by atoms with van der Waals surface area (Å²) >= 11 is 1.84. The minimum atomic E-state index is 0.320. The fourth-order valence-electron chi connectivity index (χ4n) is 3.75. The number of aromatic nitrogens is 4. The molecule has 28 heavy (non-hydrogen) atoms. The van der Waals surface area contributed by atoms with Crippen LogP contribution >= 0.6 is 11.8 Å². The molecular weight excluding hydrogens is 368 g/mol. The highest BCUT2D eigenvalue weighted by Gasteiger charge is 2.20. The number of fused-ring (bicyclic) bond motifs is 2. The quantitative estimate of drug-likeness (QED) is 0.402. The molecule has 1 unspecified atom stereocenters. The van der Waals surface area contributed by atoms with Gasteiger partial charge in [-0.1, -0.05) is 17.7 Å². The van der Waals surface area contributed by atoms with E-state index in [0.29, 0.717) is 17.7 Å². The molecule has 0 fully saturated rings. The molecular formula is C21H20N6S.